The lowest BCUT2D eigenvalue weighted by atomic mass is 10.1. The van der Waals surface area contributed by atoms with Gasteiger partial charge in [0.05, 0.1) is 10.9 Å². The van der Waals surface area contributed by atoms with Crippen molar-refractivity contribution in [3.05, 3.63) is 53.7 Å². The maximum absolute atomic E-state index is 13.3. The predicted octanol–water partition coefficient (Wildman–Crippen LogP) is 4.29. The van der Waals surface area contributed by atoms with E-state index in [4.69, 9.17) is 4.74 Å². The van der Waals surface area contributed by atoms with Crippen molar-refractivity contribution in [1.82, 2.24) is 9.29 Å². The van der Waals surface area contributed by atoms with Crippen LogP contribution in [0.2, 0.25) is 0 Å². The molecule has 1 fully saturated rings. The zero-order valence-corrected chi connectivity index (χ0v) is 18.9. The Kier molecular flexibility index (Phi) is 6.19. The molecule has 1 aliphatic heterocycles. The number of aromatic nitrogens is 1. The van der Waals surface area contributed by atoms with E-state index in [0.29, 0.717) is 24.3 Å². The first-order chi connectivity index (χ1) is 14.0. The maximum Gasteiger partial charge on any atom is 0.415 e. The van der Waals surface area contributed by atoms with Gasteiger partial charge in [-0.2, -0.15) is 4.31 Å². The zero-order chi connectivity index (χ0) is 22.1. The van der Waals surface area contributed by atoms with Crippen LogP contribution < -0.4 is 4.90 Å². The second-order valence-corrected chi connectivity index (χ2v) is 10.4. The molecule has 0 N–H and O–H groups in total. The van der Waals surface area contributed by atoms with Crippen molar-refractivity contribution in [3.8, 4) is 0 Å². The number of amides is 1. The first-order valence-electron chi connectivity index (χ1n) is 10.0. The fourth-order valence-electron chi connectivity index (χ4n) is 3.55. The first kappa shape index (κ1) is 22.2. The van der Waals surface area contributed by atoms with E-state index < -0.39 is 27.8 Å². The molecule has 1 aromatic carbocycles. The Bertz CT molecular complexity index is 1010. The molecule has 0 aliphatic carbocycles. The minimum Gasteiger partial charge on any atom is -0.443 e. The Balaban J connectivity index is 1.96. The van der Waals surface area contributed by atoms with Crippen LogP contribution in [0.1, 0.15) is 50.8 Å². The number of anilines is 1. The Labute approximate surface area is 178 Å². The summed E-state index contributed by atoms with van der Waals surface area (Å²) in [7, 11) is -2.08. The topological polar surface area (TPSA) is 79.8 Å². The summed E-state index contributed by atoms with van der Waals surface area (Å²) in [4.78, 5) is 18.6. The Morgan fingerprint density at radius 2 is 1.87 bits per heavy atom. The van der Waals surface area contributed by atoms with E-state index in [2.05, 4.69) is 4.98 Å². The summed E-state index contributed by atoms with van der Waals surface area (Å²) in [6.07, 6.45) is 2.45. The van der Waals surface area contributed by atoms with Crippen LogP contribution >= 0.6 is 0 Å². The van der Waals surface area contributed by atoms with Crippen molar-refractivity contribution >= 4 is 21.9 Å². The van der Waals surface area contributed by atoms with Crippen LogP contribution in [0.4, 0.5) is 10.6 Å². The molecule has 0 radical (unpaired) electrons. The summed E-state index contributed by atoms with van der Waals surface area (Å²) in [5, 5.41) is 0. The van der Waals surface area contributed by atoms with Crippen molar-refractivity contribution in [2.24, 2.45) is 0 Å². The number of rotatable bonds is 4. The number of carbonyl (C=O) groups is 1. The van der Waals surface area contributed by atoms with Crippen LogP contribution in [-0.2, 0) is 14.8 Å². The molecule has 1 aliphatic rings. The van der Waals surface area contributed by atoms with Gasteiger partial charge in [-0.1, -0.05) is 23.8 Å². The molecule has 1 aromatic heterocycles. The van der Waals surface area contributed by atoms with Crippen molar-refractivity contribution in [2.45, 2.75) is 57.1 Å². The van der Waals surface area contributed by atoms with Crippen molar-refractivity contribution in [1.29, 1.82) is 0 Å². The molecule has 1 amide bonds. The second kappa shape index (κ2) is 8.35. The summed E-state index contributed by atoms with van der Waals surface area (Å²) in [6, 6.07) is 10.1. The normalized spacial score (nSPS) is 17.7. The van der Waals surface area contributed by atoms with Gasteiger partial charge in [0.15, 0.2) is 0 Å². The van der Waals surface area contributed by atoms with E-state index in [0.717, 1.165) is 12.0 Å². The van der Waals surface area contributed by atoms with Gasteiger partial charge in [0, 0.05) is 25.4 Å². The van der Waals surface area contributed by atoms with Gasteiger partial charge in [-0.15, -0.1) is 0 Å². The molecule has 1 saturated heterocycles. The highest BCUT2D eigenvalue weighted by molar-refractivity contribution is 7.89. The molecule has 2 heterocycles. The lowest BCUT2D eigenvalue weighted by Crippen LogP contribution is -2.36. The minimum atomic E-state index is -3.67. The van der Waals surface area contributed by atoms with E-state index in [1.165, 1.54) is 9.21 Å². The summed E-state index contributed by atoms with van der Waals surface area (Å²) >= 11 is 0. The lowest BCUT2D eigenvalue weighted by Gasteiger charge is -2.29. The van der Waals surface area contributed by atoms with Gasteiger partial charge in [-0.3, -0.25) is 4.90 Å². The summed E-state index contributed by atoms with van der Waals surface area (Å²) in [5.74, 6) is 0.405. The third-order valence-electron chi connectivity index (χ3n) is 4.99. The predicted molar refractivity (Wildman–Crippen MR) is 116 cm³/mol. The van der Waals surface area contributed by atoms with Crippen LogP contribution in [0, 0.1) is 6.92 Å². The minimum absolute atomic E-state index is 0.269. The monoisotopic (exact) mass is 431 g/mol. The van der Waals surface area contributed by atoms with Gasteiger partial charge in [-0.25, -0.2) is 18.2 Å². The van der Waals surface area contributed by atoms with E-state index in [-0.39, 0.29) is 4.90 Å². The molecule has 0 bridgehead atoms. The number of carbonyl (C=O) groups excluding carboxylic acids is 1. The number of pyridine rings is 1. The standard InChI is InChI=1S/C22H29N3O4S/c1-16-10-12-17(13-11-16)30(27,28)25-15-7-9-19(25)18-8-6-14-23-20(18)24(5)21(26)29-22(2,3)4/h6,8,10-14,19H,7,9,15H2,1-5H3/t19-/m1/s1. The highest BCUT2D eigenvalue weighted by Crippen LogP contribution is 2.39. The molecule has 0 saturated carbocycles. The second-order valence-electron chi connectivity index (χ2n) is 8.54. The average molecular weight is 432 g/mol. The highest BCUT2D eigenvalue weighted by atomic mass is 32.2. The van der Waals surface area contributed by atoms with E-state index in [1.807, 2.05) is 13.0 Å². The Hall–Kier alpha value is -2.45. The SMILES string of the molecule is Cc1ccc(S(=O)(=O)N2CCC[C@@H]2c2cccnc2N(C)C(=O)OC(C)(C)C)cc1. The number of hydrogen-bond acceptors (Lipinski definition) is 5. The number of ether oxygens (including phenoxy) is 1. The van der Waals surface area contributed by atoms with Crippen molar-refractivity contribution in [2.75, 3.05) is 18.5 Å². The van der Waals surface area contributed by atoms with Crippen LogP contribution in [0.3, 0.4) is 0 Å². The molecule has 8 heteroatoms. The van der Waals surface area contributed by atoms with E-state index in [1.54, 1.807) is 64.3 Å². The Morgan fingerprint density at radius 1 is 1.20 bits per heavy atom. The van der Waals surface area contributed by atoms with Gasteiger partial charge >= 0.3 is 6.09 Å². The molecule has 0 spiro atoms. The fraction of sp³-hybridized carbons (Fsp3) is 0.455. The molecule has 7 nitrogen and oxygen atoms in total. The molecular weight excluding hydrogens is 402 g/mol. The molecule has 0 unspecified atom stereocenters. The molecule has 1 atom stereocenters. The molecule has 30 heavy (non-hydrogen) atoms. The molecule has 2 aromatic rings. The number of sulfonamides is 1. The van der Waals surface area contributed by atoms with Crippen LogP contribution in [0.5, 0.6) is 0 Å². The molecular formula is C22H29N3O4S. The highest BCUT2D eigenvalue weighted by Gasteiger charge is 2.38. The number of nitrogens with zero attached hydrogens (tertiary/aromatic N) is 3. The van der Waals surface area contributed by atoms with Crippen molar-refractivity contribution in [3.63, 3.8) is 0 Å². The van der Waals surface area contributed by atoms with Gasteiger partial charge in [-0.05, 0) is 58.7 Å². The van der Waals surface area contributed by atoms with E-state index in [9.17, 15) is 13.2 Å². The largest absolute Gasteiger partial charge is 0.443 e. The third kappa shape index (κ3) is 4.65. The van der Waals surface area contributed by atoms with Crippen LogP contribution in [0.25, 0.3) is 0 Å². The summed E-state index contributed by atoms with van der Waals surface area (Å²) < 4.78 is 33.6. The van der Waals surface area contributed by atoms with Gasteiger partial charge in [0.2, 0.25) is 10.0 Å². The third-order valence-corrected chi connectivity index (χ3v) is 6.91. The maximum atomic E-state index is 13.3. The summed E-state index contributed by atoms with van der Waals surface area (Å²) in [6.45, 7) is 7.73. The average Bonchev–Trinajstić information content (AvgIpc) is 3.17. The van der Waals surface area contributed by atoms with Gasteiger partial charge in [0.1, 0.15) is 11.4 Å². The quantitative estimate of drug-likeness (QED) is 0.722. The van der Waals surface area contributed by atoms with Crippen LogP contribution in [-0.4, -0.2) is 43.0 Å². The lowest BCUT2D eigenvalue weighted by molar-refractivity contribution is 0.0588. The van der Waals surface area contributed by atoms with Crippen LogP contribution in [0.15, 0.2) is 47.5 Å². The first-order valence-corrected chi connectivity index (χ1v) is 11.4. The zero-order valence-electron chi connectivity index (χ0n) is 18.1. The molecule has 3 rings (SSSR count). The molecule has 162 valence electrons. The smallest absolute Gasteiger partial charge is 0.415 e. The summed E-state index contributed by atoms with van der Waals surface area (Å²) in [5.41, 5.74) is 1.05. The number of benzene rings is 1. The van der Waals surface area contributed by atoms with E-state index >= 15 is 0 Å². The Morgan fingerprint density at radius 3 is 2.50 bits per heavy atom. The fourth-order valence-corrected chi connectivity index (χ4v) is 5.23. The number of hydrogen-bond donors (Lipinski definition) is 0. The van der Waals surface area contributed by atoms with Crippen molar-refractivity contribution < 1.29 is 17.9 Å². The van der Waals surface area contributed by atoms with Gasteiger partial charge < -0.3 is 4.74 Å². The van der Waals surface area contributed by atoms with Gasteiger partial charge in [0.25, 0.3) is 0 Å². The number of aryl methyl sites for hydroxylation is 1.